The third-order valence-corrected chi connectivity index (χ3v) is 6.77. The van der Waals surface area contributed by atoms with Crippen molar-refractivity contribution in [2.24, 2.45) is 0 Å². The van der Waals surface area contributed by atoms with Crippen LogP contribution >= 0.6 is 55.1 Å². The molecule has 0 N–H and O–H groups in total. The van der Waals surface area contributed by atoms with Gasteiger partial charge in [-0.1, -0.05) is 79.3 Å². The molecule has 136 valence electrons. The Labute approximate surface area is 179 Å². The first-order valence-electron chi connectivity index (χ1n) is 8.21. The van der Waals surface area contributed by atoms with Crippen molar-refractivity contribution in [2.45, 2.75) is 35.4 Å². The molecule has 0 aromatic heterocycles. The van der Waals surface area contributed by atoms with Crippen LogP contribution < -0.4 is 0 Å². The van der Waals surface area contributed by atoms with E-state index >= 15 is 0 Å². The van der Waals surface area contributed by atoms with Gasteiger partial charge in [0.05, 0.1) is 0 Å². The fraction of sp³-hybridized carbons (Fsp3) is 0.300. The van der Waals surface area contributed by atoms with E-state index in [1.165, 1.54) is 5.56 Å². The fourth-order valence-corrected chi connectivity index (χ4v) is 4.08. The second-order valence-electron chi connectivity index (χ2n) is 6.55. The average molecular weight is 519 g/mol. The van der Waals surface area contributed by atoms with Crippen LogP contribution in [0.25, 0.3) is 0 Å². The average Bonchev–Trinajstić information content (AvgIpc) is 2.59. The van der Waals surface area contributed by atoms with Gasteiger partial charge in [-0.2, -0.15) is 0 Å². The first kappa shape index (κ1) is 20.1. The molecule has 2 fully saturated rings. The van der Waals surface area contributed by atoms with Crippen molar-refractivity contribution in [1.82, 2.24) is 0 Å². The van der Waals surface area contributed by atoms with Gasteiger partial charge in [0, 0.05) is 34.1 Å². The van der Waals surface area contributed by atoms with E-state index in [-0.39, 0.29) is 11.7 Å². The molecule has 0 bridgehead atoms. The molecule has 2 aliphatic rings. The molecule has 4 rings (SSSR count). The molecule has 0 radical (unpaired) electrons. The predicted molar refractivity (Wildman–Crippen MR) is 112 cm³/mol. The van der Waals surface area contributed by atoms with Crippen LogP contribution in [-0.2, 0) is 9.59 Å². The van der Waals surface area contributed by atoms with Crippen LogP contribution in [0, 0.1) is 0 Å². The molecule has 2 aromatic carbocycles. The summed E-state index contributed by atoms with van der Waals surface area (Å²) in [5.74, 6) is 0.730. The van der Waals surface area contributed by atoms with Gasteiger partial charge in [0.1, 0.15) is 5.78 Å². The van der Waals surface area contributed by atoms with Gasteiger partial charge in [0.15, 0.2) is 10.1 Å². The molecule has 0 saturated heterocycles. The zero-order chi connectivity index (χ0) is 18.9. The van der Waals surface area contributed by atoms with Crippen molar-refractivity contribution in [1.29, 1.82) is 0 Å². The minimum Gasteiger partial charge on any atom is -0.300 e. The third kappa shape index (κ3) is 4.41. The number of hydrogen-bond acceptors (Lipinski definition) is 2. The molecule has 0 aliphatic heterocycles. The molecule has 2 aromatic rings. The van der Waals surface area contributed by atoms with Crippen molar-refractivity contribution >= 4 is 66.6 Å². The van der Waals surface area contributed by atoms with Crippen LogP contribution in [0.1, 0.15) is 42.2 Å². The maximum atomic E-state index is 11.1. The topological polar surface area (TPSA) is 34.1 Å². The maximum Gasteiger partial charge on any atom is 0.183 e. The highest BCUT2D eigenvalue weighted by molar-refractivity contribution is 9.10. The summed E-state index contributed by atoms with van der Waals surface area (Å²) in [6.07, 6.45) is 1.91. The number of ketones is 2. The van der Waals surface area contributed by atoms with Gasteiger partial charge in [-0.25, -0.2) is 0 Å². The van der Waals surface area contributed by atoms with Crippen LogP contribution in [0.4, 0.5) is 0 Å². The molecule has 2 aliphatic carbocycles. The van der Waals surface area contributed by atoms with Crippen LogP contribution in [0.2, 0.25) is 0 Å². The summed E-state index contributed by atoms with van der Waals surface area (Å²) in [5.41, 5.74) is 2.30. The van der Waals surface area contributed by atoms with E-state index in [1.54, 1.807) is 0 Å². The molecule has 1 unspecified atom stereocenters. The Bertz CT molecular complexity index is 809. The summed E-state index contributed by atoms with van der Waals surface area (Å²) in [6, 6.07) is 15.9. The number of carbonyl (C=O) groups is 2. The summed E-state index contributed by atoms with van der Waals surface area (Å²) >= 11 is 18.5. The van der Waals surface area contributed by atoms with Gasteiger partial charge in [-0.05, 0) is 41.3 Å². The molecular weight excluding hydrogens is 503 g/mol. The second kappa shape index (κ2) is 8.14. The van der Waals surface area contributed by atoms with E-state index in [9.17, 15) is 9.59 Å². The fourth-order valence-electron chi connectivity index (χ4n) is 3.00. The smallest absolute Gasteiger partial charge is 0.183 e. The maximum absolute atomic E-state index is 11.1. The third-order valence-electron chi connectivity index (χ3n) is 4.76. The Morgan fingerprint density at radius 2 is 1.23 bits per heavy atom. The quantitative estimate of drug-likeness (QED) is 0.421. The van der Waals surface area contributed by atoms with Gasteiger partial charge in [-0.15, -0.1) is 0 Å². The lowest BCUT2D eigenvalue weighted by atomic mass is 9.78. The molecule has 0 spiro atoms. The lowest BCUT2D eigenvalue weighted by Crippen LogP contribution is -2.45. The standard InChI is InChI=1S/C10H7BrCl2O.C10H9BrO/c11-7-3-1-6(2-4-7)8-5-9(14)10(8,12)13;11-9-3-1-7(2-4-9)8-5-10(12)6-8/h1-4,8H,5H2;1-4,8H,5-6H2. The summed E-state index contributed by atoms with van der Waals surface area (Å²) in [7, 11) is 0. The van der Waals surface area contributed by atoms with Gasteiger partial charge < -0.3 is 0 Å². The second-order valence-corrected chi connectivity index (χ2v) is 9.77. The highest BCUT2D eigenvalue weighted by Gasteiger charge is 2.53. The van der Waals surface area contributed by atoms with Crippen LogP contribution in [0.3, 0.4) is 0 Å². The molecular formula is C20H16Br2Cl2O2. The lowest BCUT2D eigenvalue weighted by molar-refractivity contribution is -0.126. The molecule has 0 amide bonds. The Hall–Kier alpha value is -0.680. The van der Waals surface area contributed by atoms with E-state index in [2.05, 4.69) is 44.0 Å². The SMILES string of the molecule is O=C1CC(c2ccc(Br)cc2)C1.O=C1CC(c2ccc(Br)cc2)C1(Cl)Cl. The Morgan fingerprint density at radius 3 is 1.62 bits per heavy atom. The summed E-state index contributed by atoms with van der Waals surface area (Å²) in [6.45, 7) is 0. The monoisotopic (exact) mass is 516 g/mol. The number of alkyl halides is 2. The van der Waals surface area contributed by atoms with Crippen molar-refractivity contribution in [2.75, 3.05) is 0 Å². The zero-order valence-electron chi connectivity index (χ0n) is 13.7. The van der Waals surface area contributed by atoms with Crippen LogP contribution in [0.15, 0.2) is 57.5 Å². The van der Waals surface area contributed by atoms with Crippen molar-refractivity contribution in [3.05, 3.63) is 68.6 Å². The summed E-state index contributed by atoms with van der Waals surface area (Å²) in [5, 5.41) is 0. The Balaban J connectivity index is 0.000000152. The van der Waals surface area contributed by atoms with Crippen molar-refractivity contribution in [3.63, 3.8) is 0 Å². The number of benzene rings is 2. The lowest BCUT2D eigenvalue weighted by Gasteiger charge is -2.38. The van der Waals surface area contributed by atoms with Gasteiger partial charge >= 0.3 is 0 Å². The minimum absolute atomic E-state index is 0.0635. The number of carbonyl (C=O) groups excluding carboxylic acids is 2. The van der Waals surface area contributed by atoms with E-state index < -0.39 is 4.33 Å². The van der Waals surface area contributed by atoms with E-state index in [0.29, 0.717) is 18.1 Å². The minimum atomic E-state index is -1.21. The Morgan fingerprint density at radius 1 is 0.769 bits per heavy atom. The van der Waals surface area contributed by atoms with E-state index in [4.69, 9.17) is 23.2 Å². The van der Waals surface area contributed by atoms with Crippen molar-refractivity contribution < 1.29 is 9.59 Å². The van der Waals surface area contributed by atoms with Crippen LogP contribution in [0.5, 0.6) is 0 Å². The van der Waals surface area contributed by atoms with Gasteiger partial charge in [0.2, 0.25) is 0 Å². The molecule has 26 heavy (non-hydrogen) atoms. The number of halogens is 4. The van der Waals surface area contributed by atoms with Crippen LogP contribution in [-0.4, -0.2) is 15.9 Å². The molecule has 2 saturated carbocycles. The zero-order valence-corrected chi connectivity index (χ0v) is 18.4. The van der Waals surface area contributed by atoms with Gasteiger partial charge in [0.25, 0.3) is 0 Å². The normalized spacial score (nSPS) is 21.3. The largest absolute Gasteiger partial charge is 0.300 e. The molecule has 0 heterocycles. The number of rotatable bonds is 2. The molecule has 6 heteroatoms. The Kier molecular flexibility index (Phi) is 6.28. The van der Waals surface area contributed by atoms with E-state index in [0.717, 1.165) is 27.4 Å². The first-order valence-corrected chi connectivity index (χ1v) is 10.6. The highest BCUT2D eigenvalue weighted by atomic mass is 79.9. The summed E-state index contributed by atoms with van der Waals surface area (Å²) < 4.78 is 0.881. The molecule has 2 nitrogen and oxygen atoms in total. The predicted octanol–water partition coefficient (Wildman–Crippen LogP) is 6.58. The number of Topliss-reactive ketones (excluding diaryl/α,β-unsaturated/α-hetero) is 2. The highest BCUT2D eigenvalue weighted by Crippen LogP contribution is 2.50. The van der Waals surface area contributed by atoms with Crippen molar-refractivity contribution in [3.8, 4) is 0 Å². The van der Waals surface area contributed by atoms with Gasteiger partial charge in [-0.3, -0.25) is 9.59 Å². The first-order chi connectivity index (χ1) is 12.3. The van der Waals surface area contributed by atoms with E-state index in [1.807, 2.05) is 36.4 Å². The molecule has 1 atom stereocenters. The summed E-state index contributed by atoms with van der Waals surface area (Å²) in [4.78, 5) is 21.9. The number of hydrogen-bond donors (Lipinski definition) is 0.